The van der Waals surface area contributed by atoms with E-state index in [0.717, 1.165) is 5.56 Å². The molecule has 0 aliphatic heterocycles. The standard InChI is InChI=1S/C15H14N2O3/c1-2-11-8-9-13(17(19)20)10-14(11)16-15(18)12-6-4-3-5-7-12/h3-10H,2H2,1H3,(H,16,18). The van der Waals surface area contributed by atoms with Crippen molar-refractivity contribution < 1.29 is 9.72 Å². The van der Waals surface area contributed by atoms with Crippen molar-refractivity contribution in [2.75, 3.05) is 5.32 Å². The quantitative estimate of drug-likeness (QED) is 0.683. The fourth-order valence-electron chi connectivity index (χ4n) is 1.89. The number of non-ortho nitro benzene ring substituents is 1. The Kier molecular flexibility index (Phi) is 4.10. The topological polar surface area (TPSA) is 72.2 Å². The van der Waals surface area contributed by atoms with E-state index in [4.69, 9.17) is 0 Å². The summed E-state index contributed by atoms with van der Waals surface area (Å²) in [5.41, 5.74) is 1.82. The molecule has 1 N–H and O–H groups in total. The number of hydrogen-bond acceptors (Lipinski definition) is 3. The molecule has 0 spiro atoms. The van der Waals surface area contributed by atoms with Gasteiger partial charge in [-0.05, 0) is 24.1 Å². The van der Waals surface area contributed by atoms with E-state index in [1.807, 2.05) is 13.0 Å². The molecular formula is C15H14N2O3. The van der Waals surface area contributed by atoms with Crippen LogP contribution in [0.1, 0.15) is 22.8 Å². The van der Waals surface area contributed by atoms with Crippen LogP contribution >= 0.6 is 0 Å². The van der Waals surface area contributed by atoms with Crippen LogP contribution in [0.4, 0.5) is 11.4 Å². The van der Waals surface area contributed by atoms with Gasteiger partial charge in [0.1, 0.15) is 0 Å². The fourth-order valence-corrected chi connectivity index (χ4v) is 1.89. The first-order chi connectivity index (χ1) is 9.61. The number of carbonyl (C=O) groups excluding carboxylic acids is 1. The zero-order valence-electron chi connectivity index (χ0n) is 11.0. The molecule has 2 rings (SSSR count). The summed E-state index contributed by atoms with van der Waals surface area (Å²) >= 11 is 0. The van der Waals surface area contributed by atoms with Crippen LogP contribution in [0.2, 0.25) is 0 Å². The normalized spacial score (nSPS) is 10.1. The van der Waals surface area contributed by atoms with Gasteiger partial charge in [0.2, 0.25) is 0 Å². The molecule has 5 heteroatoms. The van der Waals surface area contributed by atoms with Crippen molar-refractivity contribution in [2.45, 2.75) is 13.3 Å². The lowest BCUT2D eigenvalue weighted by molar-refractivity contribution is -0.384. The highest BCUT2D eigenvalue weighted by Gasteiger charge is 2.13. The largest absolute Gasteiger partial charge is 0.321 e. The van der Waals surface area contributed by atoms with Crippen molar-refractivity contribution in [3.63, 3.8) is 0 Å². The Morgan fingerprint density at radius 3 is 2.50 bits per heavy atom. The van der Waals surface area contributed by atoms with Gasteiger partial charge in [-0.15, -0.1) is 0 Å². The molecule has 2 aromatic carbocycles. The number of nitro benzene ring substituents is 1. The van der Waals surface area contributed by atoms with E-state index in [1.54, 1.807) is 30.3 Å². The number of hydrogen-bond donors (Lipinski definition) is 1. The molecule has 0 atom stereocenters. The fraction of sp³-hybridized carbons (Fsp3) is 0.133. The number of rotatable bonds is 4. The summed E-state index contributed by atoms with van der Waals surface area (Å²) in [5.74, 6) is -0.277. The van der Waals surface area contributed by atoms with Crippen molar-refractivity contribution in [1.29, 1.82) is 0 Å². The van der Waals surface area contributed by atoms with E-state index in [9.17, 15) is 14.9 Å². The summed E-state index contributed by atoms with van der Waals surface area (Å²) in [6.45, 7) is 1.93. The maximum absolute atomic E-state index is 12.1. The van der Waals surface area contributed by atoms with E-state index in [-0.39, 0.29) is 11.6 Å². The molecule has 0 unspecified atom stereocenters. The van der Waals surface area contributed by atoms with Crippen molar-refractivity contribution in [3.8, 4) is 0 Å². The summed E-state index contributed by atoms with van der Waals surface area (Å²) in [6, 6.07) is 13.2. The monoisotopic (exact) mass is 270 g/mol. The van der Waals surface area contributed by atoms with Crippen LogP contribution < -0.4 is 5.32 Å². The van der Waals surface area contributed by atoms with Crippen LogP contribution in [0.25, 0.3) is 0 Å². The molecule has 20 heavy (non-hydrogen) atoms. The van der Waals surface area contributed by atoms with Gasteiger partial charge in [0.05, 0.1) is 10.6 Å². The predicted molar refractivity (Wildman–Crippen MR) is 76.9 cm³/mol. The Labute approximate surface area is 116 Å². The van der Waals surface area contributed by atoms with Crippen LogP contribution in [-0.4, -0.2) is 10.8 Å². The van der Waals surface area contributed by atoms with Gasteiger partial charge in [0, 0.05) is 17.7 Å². The minimum atomic E-state index is -0.475. The molecule has 1 amide bonds. The van der Waals surface area contributed by atoms with Crippen LogP contribution in [0.15, 0.2) is 48.5 Å². The number of anilines is 1. The first-order valence-electron chi connectivity index (χ1n) is 6.25. The molecule has 0 bridgehead atoms. The van der Waals surface area contributed by atoms with Gasteiger partial charge in [-0.3, -0.25) is 14.9 Å². The third-order valence-corrected chi connectivity index (χ3v) is 2.97. The minimum absolute atomic E-state index is 0.0365. The van der Waals surface area contributed by atoms with Gasteiger partial charge in [-0.25, -0.2) is 0 Å². The molecule has 5 nitrogen and oxygen atoms in total. The molecule has 102 valence electrons. The Hall–Kier alpha value is -2.69. The van der Waals surface area contributed by atoms with Crippen LogP contribution in [0.5, 0.6) is 0 Å². The zero-order valence-corrected chi connectivity index (χ0v) is 11.0. The third-order valence-electron chi connectivity index (χ3n) is 2.97. The molecule has 2 aromatic rings. The van der Waals surface area contributed by atoms with Crippen molar-refractivity contribution >= 4 is 17.3 Å². The summed E-state index contributed by atoms with van der Waals surface area (Å²) in [7, 11) is 0. The number of benzene rings is 2. The van der Waals surface area contributed by atoms with Gasteiger partial charge in [-0.1, -0.05) is 31.2 Å². The second-order valence-electron chi connectivity index (χ2n) is 4.27. The first-order valence-corrected chi connectivity index (χ1v) is 6.25. The second kappa shape index (κ2) is 5.97. The first kappa shape index (κ1) is 13.7. The molecule has 0 aliphatic rings. The number of nitrogens with one attached hydrogen (secondary N) is 1. The summed E-state index contributed by atoms with van der Waals surface area (Å²) in [5, 5.41) is 13.5. The highest BCUT2D eigenvalue weighted by molar-refractivity contribution is 6.04. The van der Waals surface area contributed by atoms with E-state index in [2.05, 4.69) is 5.32 Å². The lowest BCUT2D eigenvalue weighted by atomic mass is 10.1. The van der Waals surface area contributed by atoms with Crippen molar-refractivity contribution in [1.82, 2.24) is 0 Å². The molecular weight excluding hydrogens is 256 g/mol. The molecule has 0 saturated heterocycles. The predicted octanol–water partition coefficient (Wildman–Crippen LogP) is 3.41. The van der Waals surface area contributed by atoms with Crippen LogP contribution in [0, 0.1) is 10.1 Å². The average Bonchev–Trinajstić information content (AvgIpc) is 2.48. The number of aryl methyl sites for hydroxylation is 1. The molecule has 0 aliphatic carbocycles. The number of carbonyl (C=O) groups is 1. The van der Waals surface area contributed by atoms with Gasteiger partial charge < -0.3 is 5.32 Å². The summed E-state index contributed by atoms with van der Waals surface area (Å²) in [6.07, 6.45) is 0.683. The lowest BCUT2D eigenvalue weighted by Gasteiger charge is -2.09. The van der Waals surface area contributed by atoms with Gasteiger partial charge in [0.25, 0.3) is 11.6 Å². The number of nitro groups is 1. The van der Waals surface area contributed by atoms with E-state index in [0.29, 0.717) is 17.7 Å². The molecule has 0 heterocycles. The highest BCUT2D eigenvalue weighted by atomic mass is 16.6. The number of amides is 1. The summed E-state index contributed by atoms with van der Waals surface area (Å²) < 4.78 is 0. The number of nitrogens with zero attached hydrogens (tertiary/aromatic N) is 1. The second-order valence-corrected chi connectivity index (χ2v) is 4.27. The molecule has 0 radical (unpaired) electrons. The third kappa shape index (κ3) is 3.00. The molecule has 0 fully saturated rings. The Bertz CT molecular complexity index is 639. The molecule has 0 aromatic heterocycles. The average molecular weight is 270 g/mol. The van der Waals surface area contributed by atoms with Gasteiger partial charge >= 0.3 is 0 Å². The Balaban J connectivity index is 2.30. The lowest BCUT2D eigenvalue weighted by Crippen LogP contribution is -2.13. The van der Waals surface area contributed by atoms with Crippen LogP contribution in [0.3, 0.4) is 0 Å². The van der Waals surface area contributed by atoms with Gasteiger partial charge in [-0.2, -0.15) is 0 Å². The maximum Gasteiger partial charge on any atom is 0.271 e. The summed E-state index contributed by atoms with van der Waals surface area (Å²) in [4.78, 5) is 22.4. The SMILES string of the molecule is CCc1ccc([N+](=O)[O-])cc1NC(=O)c1ccccc1. The van der Waals surface area contributed by atoms with E-state index in [1.165, 1.54) is 12.1 Å². The van der Waals surface area contributed by atoms with Gasteiger partial charge in [0.15, 0.2) is 0 Å². The van der Waals surface area contributed by atoms with Crippen molar-refractivity contribution in [2.24, 2.45) is 0 Å². The minimum Gasteiger partial charge on any atom is -0.321 e. The van der Waals surface area contributed by atoms with E-state index >= 15 is 0 Å². The Morgan fingerprint density at radius 2 is 1.90 bits per heavy atom. The zero-order chi connectivity index (χ0) is 14.5. The van der Waals surface area contributed by atoms with E-state index < -0.39 is 4.92 Å². The smallest absolute Gasteiger partial charge is 0.271 e. The molecule has 0 saturated carbocycles. The Morgan fingerprint density at radius 1 is 1.20 bits per heavy atom. The highest BCUT2D eigenvalue weighted by Crippen LogP contribution is 2.23. The van der Waals surface area contributed by atoms with Crippen molar-refractivity contribution in [3.05, 3.63) is 69.8 Å². The van der Waals surface area contributed by atoms with Crippen LogP contribution in [-0.2, 0) is 6.42 Å². The maximum atomic E-state index is 12.1.